The van der Waals surface area contributed by atoms with Crippen LogP contribution >= 0.6 is 0 Å². The van der Waals surface area contributed by atoms with Gasteiger partial charge in [0.25, 0.3) is 0 Å². The summed E-state index contributed by atoms with van der Waals surface area (Å²) in [6.45, 7) is 1.23. The summed E-state index contributed by atoms with van der Waals surface area (Å²) in [5.41, 5.74) is 1.03. The molecule has 1 fully saturated rings. The van der Waals surface area contributed by atoms with Gasteiger partial charge in [0.1, 0.15) is 6.61 Å². The van der Waals surface area contributed by atoms with Crippen molar-refractivity contribution in [2.75, 3.05) is 26.3 Å². The van der Waals surface area contributed by atoms with Crippen LogP contribution in [-0.2, 0) is 16.1 Å². The normalized spacial score (nSPS) is 22.8. The third-order valence-electron chi connectivity index (χ3n) is 3.65. The highest BCUT2D eigenvalue weighted by atomic mass is 16.5. The molecule has 1 amide bonds. The Bertz CT molecular complexity index is 423. The van der Waals surface area contributed by atoms with Crippen LogP contribution in [0.1, 0.15) is 12.0 Å². The number of piperidine rings is 1. The van der Waals surface area contributed by atoms with Crippen LogP contribution in [0.4, 0.5) is 0 Å². The maximum Gasteiger partial charge on any atom is 0.248 e. The zero-order chi connectivity index (χ0) is 14.4. The molecule has 2 N–H and O–H groups in total. The van der Waals surface area contributed by atoms with Crippen molar-refractivity contribution < 1.29 is 19.7 Å². The highest BCUT2D eigenvalue weighted by Gasteiger charge is 2.29. The first kappa shape index (κ1) is 15.0. The Labute approximate surface area is 118 Å². The maximum atomic E-state index is 12.0. The van der Waals surface area contributed by atoms with Gasteiger partial charge in [-0.15, -0.1) is 0 Å². The number of aliphatic hydroxyl groups excluding tert-OH is 2. The van der Waals surface area contributed by atoms with E-state index in [9.17, 15) is 9.90 Å². The van der Waals surface area contributed by atoms with Gasteiger partial charge in [0.2, 0.25) is 5.91 Å². The molecule has 0 aliphatic carbocycles. The second-order valence-corrected chi connectivity index (χ2v) is 5.12. The Balaban J connectivity index is 1.73. The van der Waals surface area contributed by atoms with Crippen molar-refractivity contribution in [3.05, 3.63) is 35.9 Å². The minimum atomic E-state index is -0.646. The number of nitrogens with zero attached hydrogens (tertiary/aromatic N) is 1. The fraction of sp³-hybridized carbons (Fsp3) is 0.533. The Hall–Kier alpha value is -1.43. The topological polar surface area (TPSA) is 70.0 Å². The Morgan fingerprint density at radius 3 is 2.75 bits per heavy atom. The SMILES string of the molecule is O=C(COCc1ccccc1)N1CC[C@H](CO)[C@H](O)C1. The van der Waals surface area contributed by atoms with E-state index in [4.69, 9.17) is 9.84 Å². The molecule has 2 rings (SSSR count). The molecule has 1 heterocycles. The monoisotopic (exact) mass is 279 g/mol. The molecule has 1 aromatic rings. The summed E-state index contributed by atoms with van der Waals surface area (Å²) in [6.07, 6.45) is -0.0194. The van der Waals surface area contributed by atoms with E-state index in [-0.39, 0.29) is 31.6 Å². The summed E-state index contributed by atoms with van der Waals surface area (Å²) in [5.74, 6) is -0.236. The predicted molar refractivity (Wildman–Crippen MR) is 73.9 cm³/mol. The fourth-order valence-electron chi connectivity index (χ4n) is 2.34. The largest absolute Gasteiger partial charge is 0.396 e. The molecular formula is C15H21NO4. The maximum absolute atomic E-state index is 12.0. The predicted octanol–water partition coefficient (Wildman–Crippen LogP) is 0.405. The number of carbonyl (C=O) groups excluding carboxylic acids is 1. The van der Waals surface area contributed by atoms with E-state index in [1.165, 1.54) is 0 Å². The van der Waals surface area contributed by atoms with E-state index < -0.39 is 6.10 Å². The number of benzene rings is 1. The average Bonchev–Trinajstić information content (AvgIpc) is 2.48. The minimum Gasteiger partial charge on any atom is -0.396 e. The van der Waals surface area contributed by atoms with Crippen molar-refractivity contribution in [1.82, 2.24) is 4.90 Å². The molecule has 1 aliphatic heterocycles. The van der Waals surface area contributed by atoms with E-state index in [1.807, 2.05) is 30.3 Å². The summed E-state index contributed by atoms with van der Waals surface area (Å²) in [4.78, 5) is 13.6. The van der Waals surface area contributed by atoms with E-state index in [1.54, 1.807) is 4.90 Å². The van der Waals surface area contributed by atoms with Crippen LogP contribution in [0.25, 0.3) is 0 Å². The molecule has 5 heteroatoms. The average molecular weight is 279 g/mol. The van der Waals surface area contributed by atoms with Gasteiger partial charge in [-0.3, -0.25) is 4.79 Å². The zero-order valence-electron chi connectivity index (χ0n) is 11.4. The number of ether oxygens (including phenoxy) is 1. The molecular weight excluding hydrogens is 258 g/mol. The molecule has 20 heavy (non-hydrogen) atoms. The van der Waals surface area contributed by atoms with Crippen molar-refractivity contribution in [3.63, 3.8) is 0 Å². The van der Waals surface area contributed by atoms with Crippen LogP contribution in [0, 0.1) is 5.92 Å². The first-order chi connectivity index (χ1) is 9.70. The quantitative estimate of drug-likeness (QED) is 0.819. The number of carbonyl (C=O) groups is 1. The van der Waals surface area contributed by atoms with Crippen LogP contribution in [-0.4, -0.2) is 53.4 Å². The van der Waals surface area contributed by atoms with Crippen molar-refractivity contribution in [2.24, 2.45) is 5.92 Å². The molecule has 0 saturated carbocycles. The number of hydrogen-bond donors (Lipinski definition) is 2. The first-order valence-electron chi connectivity index (χ1n) is 6.89. The second kappa shape index (κ2) is 7.38. The lowest BCUT2D eigenvalue weighted by molar-refractivity contribution is -0.141. The molecule has 0 unspecified atom stereocenters. The smallest absolute Gasteiger partial charge is 0.248 e. The molecule has 0 spiro atoms. The van der Waals surface area contributed by atoms with Gasteiger partial charge in [0.05, 0.1) is 12.7 Å². The third-order valence-corrected chi connectivity index (χ3v) is 3.65. The van der Waals surface area contributed by atoms with E-state index in [2.05, 4.69) is 0 Å². The highest BCUT2D eigenvalue weighted by Crippen LogP contribution is 2.17. The van der Waals surface area contributed by atoms with Gasteiger partial charge in [-0.05, 0) is 12.0 Å². The van der Waals surface area contributed by atoms with Gasteiger partial charge in [-0.1, -0.05) is 30.3 Å². The lowest BCUT2D eigenvalue weighted by Crippen LogP contribution is -2.48. The van der Waals surface area contributed by atoms with Crippen molar-refractivity contribution in [3.8, 4) is 0 Å². The van der Waals surface area contributed by atoms with E-state index in [0.717, 1.165) is 5.56 Å². The van der Waals surface area contributed by atoms with Crippen LogP contribution in [0.5, 0.6) is 0 Å². The third kappa shape index (κ3) is 4.03. The zero-order valence-corrected chi connectivity index (χ0v) is 11.4. The summed E-state index contributed by atoms with van der Waals surface area (Å²) < 4.78 is 5.40. The Morgan fingerprint density at radius 2 is 2.10 bits per heavy atom. The number of aliphatic hydroxyl groups is 2. The molecule has 1 saturated heterocycles. The van der Waals surface area contributed by atoms with E-state index >= 15 is 0 Å². The van der Waals surface area contributed by atoms with Crippen LogP contribution in [0.3, 0.4) is 0 Å². The number of likely N-dealkylation sites (tertiary alicyclic amines) is 1. The molecule has 1 aliphatic rings. The number of amides is 1. The standard InChI is InChI=1S/C15H21NO4/c17-9-13-6-7-16(8-14(13)18)15(19)11-20-10-12-4-2-1-3-5-12/h1-5,13-14,17-18H,6-11H2/t13-,14-/m1/s1. The van der Waals surface area contributed by atoms with Crippen LogP contribution < -0.4 is 0 Å². The fourth-order valence-corrected chi connectivity index (χ4v) is 2.34. The van der Waals surface area contributed by atoms with Gasteiger partial charge in [0, 0.05) is 25.6 Å². The molecule has 5 nitrogen and oxygen atoms in total. The lowest BCUT2D eigenvalue weighted by Gasteiger charge is -2.35. The number of β-amino-alcohol motifs (C(OH)–C–C–N with tert-alkyl or cyclic N) is 1. The second-order valence-electron chi connectivity index (χ2n) is 5.12. The van der Waals surface area contributed by atoms with Gasteiger partial charge in [0.15, 0.2) is 0 Å². The highest BCUT2D eigenvalue weighted by molar-refractivity contribution is 5.77. The van der Waals surface area contributed by atoms with Crippen molar-refractivity contribution in [1.29, 1.82) is 0 Å². The van der Waals surface area contributed by atoms with Gasteiger partial charge >= 0.3 is 0 Å². The van der Waals surface area contributed by atoms with Crippen molar-refractivity contribution in [2.45, 2.75) is 19.1 Å². The summed E-state index contributed by atoms with van der Waals surface area (Å²) in [5, 5.41) is 18.9. The molecule has 1 aromatic carbocycles. The molecule has 0 aromatic heterocycles. The minimum absolute atomic E-state index is 0.0193. The lowest BCUT2D eigenvalue weighted by atomic mass is 9.95. The summed E-state index contributed by atoms with van der Waals surface area (Å²) in [6, 6.07) is 9.68. The van der Waals surface area contributed by atoms with Gasteiger partial charge < -0.3 is 19.8 Å². The molecule has 0 radical (unpaired) electrons. The van der Waals surface area contributed by atoms with Crippen LogP contribution in [0.2, 0.25) is 0 Å². The molecule has 0 bridgehead atoms. The molecule has 2 atom stereocenters. The first-order valence-corrected chi connectivity index (χ1v) is 6.89. The summed E-state index contributed by atoms with van der Waals surface area (Å²) in [7, 11) is 0. The van der Waals surface area contributed by atoms with Gasteiger partial charge in [-0.25, -0.2) is 0 Å². The van der Waals surface area contributed by atoms with Crippen LogP contribution in [0.15, 0.2) is 30.3 Å². The van der Waals surface area contributed by atoms with Gasteiger partial charge in [-0.2, -0.15) is 0 Å². The Kier molecular flexibility index (Phi) is 5.52. The number of hydrogen-bond acceptors (Lipinski definition) is 4. The Morgan fingerprint density at radius 1 is 1.35 bits per heavy atom. The van der Waals surface area contributed by atoms with E-state index in [0.29, 0.717) is 19.6 Å². The number of rotatable bonds is 5. The molecule has 110 valence electrons. The van der Waals surface area contributed by atoms with Crippen molar-refractivity contribution >= 4 is 5.91 Å². The summed E-state index contributed by atoms with van der Waals surface area (Å²) >= 11 is 0.